The second kappa shape index (κ2) is 8.07. The third-order valence-electron chi connectivity index (χ3n) is 3.54. The second-order valence-electron chi connectivity index (χ2n) is 4.96. The minimum absolute atomic E-state index is 0.314. The van der Waals surface area contributed by atoms with E-state index in [2.05, 4.69) is 13.8 Å². The normalized spacial score (nSPS) is 33.8. The maximum Gasteiger partial charge on any atom is 0.186 e. The fraction of sp³-hybridized carbons (Fsp3) is 1.00. The summed E-state index contributed by atoms with van der Waals surface area (Å²) in [6.07, 6.45) is 0.716. The summed E-state index contributed by atoms with van der Waals surface area (Å²) < 4.78 is 10.8. The Kier molecular flexibility index (Phi) is 7.11. The highest BCUT2D eigenvalue weighted by Crippen LogP contribution is 2.23. The number of hydrogen-bond donors (Lipinski definition) is 3. The molecule has 0 aliphatic carbocycles. The van der Waals surface area contributed by atoms with Gasteiger partial charge in [-0.05, 0) is 12.3 Å². The summed E-state index contributed by atoms with van der Waals surface area (Å²) in [7, 11) is 0. The second-order valence-corrected chi connectivity index (χ2v) is 4.96. The van der Waals surface area contributed by atoms with Crippen LogP contribution in [0.3, 0.4) is 0 Å². The number of hydrogen-bond acceptors (Lipinski definition) is 5. The molecule has 5 heteroatoms. The van der Waals surface area contributed by atoms with E-state index in [1.54, 1.807) is 0 Å². The quantitative estimate of drug-likeness (QED) is 0.599. The van der Waals surface area contributed by atoms with Gasteiger partial charge in [0.25, 0.3) is 0 Å². The zero-order valence-electron chi connectivity index (χ0n) is 11.3. The van der Waals surface area contributed by atoms with Crippen LogP contribution in [-0.2, 0) is 9.47 Å². The van der Waals surface area contributed by atoms with Gasteiger partial charge in [-0.2, -0.15) is 0 Å². The number of aliphatic hydroxyl groups excluding tert-OH is 3. The topological polar surface area (TPSA) is 79.2 Å². The Bertz CT molecular complexity index is 223. The van der Waals surface area contributed by atoms with Crippen molar-refractivity contribution in [2.45, 2.75) is 64.1 Å². The molecule has 1 heterocycles. The number of ether oxygens (including phenoxy) is 2. The van der Waals surface area contributed by atoms with Crippen molar-refractivity contribution in [3.63, 3.8) is 0 Å². The highest BCUT2D eigenvalue weighted by Gasteiger charge is 2.43. The van der Waals surface area contributed by atoms with Crippen LogP contribution in [-0.4, -0.2) is 53.1 Å². The smallest absolute Gasteiger partial charge is 0.186 e. The molecule has 18 heavy (non-hydrogen) atoms. The Balaban J connectivity index is 2.34. The van der Waals surface area contributed by atoms with Gasteiger partial charge in [-0.15, -0.1) is 0 Å². The van der Waals surface area contributed by atoms with Crippen LogP contribution < -0.4 is 0 Å². The first-order valence-electron chi connectivity index (χ1n) is 6.88. The fourth-order valence-corrected chi connectivity index (χ4v) is 2.13. The summed E-state index contributed by atoms with van der Waals surface area (Å²) in [6.45, 7) is 4.47. The van der Waals surface area contributed by atoms with Crippen LogP contribution in [0.1, 0.15) is 39.5 Å². The minimum Gasteiger partial charge on any atom is -0.394 e. The molecule has 108 valence electrons. The van der Waals surface area contributed by atoms with E-state index in [-0.39, 0.29) is 6.61 Å². The van der Waals surface area contributed by atoms with E-state index in [1.165, 1.54) is 0 Å². The predicted octanol–water partition coefficient (Wildman–Crippen LogP) is 0.658. The lowest BCUT2D eigenvalue weighted by molar-refractivity contribution is -0.176. The number of unbranched alkanes of at least 4 members (excludes halogenated alkanes) is 1. The molecule has 0 radical (unpaired) electrons. The van der Waals surface area contributed by atoms with Gasteiger partial charge in [0.2, 0.25) is 0 Å². The Hall–Kier alpha value is -0.200. The molecular formula is C13H26O5. The van der Waals surface area contributed by atoms with Crippen molar-refractivity contribution in [2.24, 2.45) is 5.92 Å². The summed E-state index contributed by atoms with van der Waals surface area (Å²) in [4.78, 5) is 0. The lowest BCUT2D eigenvalue weighted by atomic mass is 10.0. The molecule has 1 saturated heterocycles. The maximum atomic E-state index is 9.71. The fourth-order valence-electron chi connectivity index (χ4n) is 2.13. The first-order valence-corrected chi connectivity index (χ1v) is 6.88. The average Bonchev–Trinajstić information content (AvgIpc) is 2.66. The predicted molar refractivity (Wildman–Crippen MR) is 67.0 cm³/mol. The van der Waals surface area contributed by atoms with Crippen molar-refractivity contribution in [2.75, 3.05) is 13.2 Å². The lowest BCUT2D eigenvalue weighted by Crippen LogP contribution is -2.35. The van der Waals surface area contributed by atoms with E-state index in [9.17, 15) is 10.2 Å². The van der Waals surface area contributed by atoms with Crippen LogP contribution in [0, 0.1) is 5.92 Å². The molecule has 0 spiro atoms. The van der Waals surface area contributed by atoms with Crippen LogP contribution in [0.15, 0.2) is 0 Å². The summed E-state index contributed by atoms with van der Waals surface area (Å²) in [6, 6.07) is 0. The van der Waals surface area contributed by atoms with Crippen molar-refractivity contribution < 1.29 is 24.8 Å². The first-order chi connectivity index (χ1) is 8.63. The van der Waals surface area contributed by atoms with E-state index in [4.69, 9.17) is 14.6 Å². The zero-order chi connectivity index (χ0) is 13.5. The molecule has 5 atom stereocenters. The molecule has 1 aliphatic rings. The SMILES string of the molecule is CCCCC(CC)COC1O[C@@H](CO)[C@H](O)[C@H]1O. The van der Waals surface area contributed by atoms with Crippen LogP contribution in [0.2, 0.25) is 0 Å². The van der Waals surface area contributed by atoms with Crippen molar-refractivity contribution in [3.8, 4) is 0 Å². The molecule has 0 aromatic rings. The lowest BCUT2D eigenvalue weighted by Gasteiger charge is -2.20. The molecular weight excluding hydrogens is 236 g/mol. The third kappa shape index (κ3) is 4.17. The number of aliphatic hydroxyl groups is 3. The molecule has 0 aromatic carbocycles. The summed E-state index contributed by atoms with van der Waals surface area (Å²) in [5, 5.41) is 28.2. The van der Waals surface area contributed by atoms with Gasteiger partial charge in [-0.25, -0.2) is 0 Å². The van der Waals surface area contributed by atoms with Crippen molar-refractivity contribution in [3.05, 3.63) is 0 Å². The molecule has 2 unspecified atom stereocenters. The molecule has 1 fully saturated rings. The van der Waals surface area contributed by atoms with E-state index in [0.29, 0.717) is 12.5 Å². The third-order valence-corrected chi connectivity index (χ3v) is 3.54. The molecule has 1 rings (SSSR count). The maximum absolute atomic E-state index is 9.71. The van der Waals surface area contributed by atoms with Crippen LogP contribution in [0.4, 0.5) is 0 Å². The van der Waals surface area contributed by atoms with Crippen molar-refractivity contribution >= 4 is 0 Å². The van der Waals surface area contributed by atoms with Gasteiger partial charge in [-0.1, -0.05) is 33.1 Å². The van der Waals surface area contributed by atoms with E-state index in [0.717, 1.165) is 25.7 Å². The highest BCUT2D eigenvalue weighted by atomic mass is 16.7. The largest absolute Gasteiger partial charge is 0.394 e. The van der Waals surface area contributed by atoms with E-state index in [1.807, 2.05) is 0 Å². The van der Waals surface area contributed by atoms with Gasteiger partial charge in [0.05, 0.1) is 13.2 Å². The van der Waals surface area contributed by atoms with Gasteiger partial charge in [0, 0.05) is 0 Å². The first kappa shape index (κ1) is 15.9. The van der Waals surface area contributed by atoms with Crippen molar-refractivity contribution in [1.82, 2.24) is 0 Å². The van der Waals surface area contributed by atoms with Crippen LogP contribution in [0.5, 0.6) is 0 Å². The Morgan fingerprint density at radius 1 is 1.22 bits per heavy atom. The van der Waals surface area contributed by atoms with Gasteiger partial charge >= 0.3 is 0 Å². The molecule has 0 aromatic heterocycles. The molecule has 1 aliphatic heterocycles. The molecule has 0 saturated carbocycles. The Morgan fingerprint density at radius 3 is 2.44 bits per heavy atom. The van der Waals surface area contributed by atoms with E-state index < -0.39 is 24.6 Å². The molecule has 0 bridgehead atoms. The standard InChI is InChI=1S/C13H26O5/c1-3-5-6-9(4-2)8-17-13-12(16)11(15)10(7-14)18-13/h9-16H,3-8H2,1-2H3/t9?,10-,11-,12+,13?/m0/s1. The van der Waals surface area contributed by atoms with Gasteiger partial charge in [0.1, 0.15) is 18.3 Å². The molecule has 3 N–H and O–H groups in total. The van der Waals surface area contributed by atoms with Crippen LogP contribution >= 0.6 is 0 Å². The minimum atomic E-state index is -1.08. The molecule has 5 nitrogen and oxygen atoms in total. The Labute approximate surface area is 109 Å². The highest BCUT2D eigenvalue weighted by molar-refractivity contribution is 4.86. The van der Waals surface area contributed by atoms with Crippen molar-refractivity contribution in [1.29, 1.82) is 0 Å². The summed E-state index contributed by atoms with van der Waals surface area (Å²) in [5.41, 5.74) is 0. The van der Waals surface area contributed by atoms with Gasteiger partial charge in [-0.3, -0.25) is 0 Å². The van der Waals surface area contributed by atoms with Crippen LogP contribution in [0.25, 0.3) is 0 Å². The van der Waals surface area contributed by atoms with Gasteiger partial charge < -0.3 is 24.8 Å². The Morgan fingerprint density at radius 2 is 1.94 bits per heavy atom. The van der Waals surface area contributed by atoms with Gasteiger partial charge in [0.15, 0.2) is 6.29 Å². The van der Waals surface area contributed by atoms with E-state index >= 15 is 0 Å². The number of rotatable bonds is 8. The average molecular weight is 262 g/mol. The monoisotopic (exact) mass is 262 g/mol. The molecule has 0 amide bonds. The summed E-state index contributed by atoms with van der Waals surface area (Å²) in [5.74, 6) is 0.450. The summed E-state index contributed by atoms with van der Waals surface area (Å²) >= 11 is 0. The zero-order valence-corrected chi connectivity index (χ0v) is 11.3.